The lowest BCUT2D eigenvalue weighted by Crippen LogP contribution is -1.93. The van der Waals surface area contributed by atoms with Crippen molar-refractivity contribution in [3.8, 4) is 33.6 Å². The number of nitrogens with zero attached hydrogens (tertiary/aromatic N) is 3. The minimum atomic E-state index is 0.927. The first-order valence-electron chi connectivity index (χ1n) is 16.3. The van der Waals surface area contributed by atoms with E-state index < -0.39 is 0 Å². The van der Waals surface area contributed by atoms with Crippen LogP contribution in [0, 0.1) is 0 Å². The molecule has 7 aromatic carbocycles. The van der Waals surface area contributed by atoms with Gasteiger partial charge in [0.2, 0.25) is 0 Å². The number of benzene rings is 7. The van der Waals surface area contributed by atoms with Crippen LogP contribution in [0.4, 0.5) is 0 Å². The minimum absolute atomic E-state index is 0.927. The molecule has 0 fully saturated rings. The molecule has 3 heteroatoms. The molecule has 0 N–H and O–H groups in total. The highest BCUT2D eigenvalue weighted by Gasteiger charge is 2.17. The monoisotopic (exact) mass is 609 g/mol. The molecule has 10 aromatic rings. The van der Waals surface area contributed by atoms with E-state index in [2.05, 4.69) is 157 Å². The topological polar surface area (TPSA) is 38.7 Å². The predicted molar refractivity (Wildman–Crippen MR) is 201 cm³/mol. The predicted octanol–water partition coefficient (Wildman–Crippen LogP) is 11.8. The van der Waals surface area contributed by atoms with Gasteiger partial charge < -0.3 is 0 Å². The summed E-state index contributed by atoms with van der Waals surface area (Å²) >= 11 is 0. The lowest BCUT2D eigenvalue weighted by atomic mass is 9.89. The van der Waals surface area contributed by atoms with Gasteiger partial charge >= 0.3 is 0 Å². The quantitative estimate of drug-likeness (QED) is 0.187. The first-order valence-corrected chi connectivity index (χ1v) is 16.3. The Hall–Kier alpha value is -6.45. The lowest BCUT2D eigenvalue weighted by molar-refractivity contribution is 1.37. The molecule has 3 aromatic heterocycles. The summed E-state index contributed by atoms with van der Waals surface area (Å²) in [5.74, 6) is 0. The van der Waals surface area contributed by atoms with Crippen LogP contribution in [0.2, 0.25) is 0 Å². The third kappa shape index (κ3) is 4.18. The fourth-order valence-electron chi connectivity index (χ4n) is 7.32. The van der Waals surface area contributed by atoms with Crippen LogP contribution < -0.4 is 0 Å². The van der Waals surface area contributed by atoms with Crippen LogP contribution in [0.1, 0.15) is 0 Å². The van der Waals surface area contributed by atoms with Gasteiger partial charge in [-0.1, -0.05) is 127 Å². The van der Waals surface area contributed by atoms with Crippen LogP contribution >= 0.6 is 0 Å². The van der Waals surface area contributed by atoms with Gasteiger partial charge in [-0.25, -0.2) is 9.97 Å². The molecule has 222 valence electrons. The average molecular weight is 610 g/mol. The Balaban J connectivity index is 1.18. The standard InChI is InChI=1S/C45H27N3/c1-2-9-33-26-34(22-15-28(33)8-1)43-39-27-38(35-11-3-4-12-36(35)42(39)37-13-5-6-14-41(37)48-43)29-16-18-30(19-17-29)40-24-23-32-21-20-31-10-7-25-46-44(31)45(32)47-40/h1-27H. The zero-order valence-electron chi connectivity index (χ0n) is 25.9. The zero-order valence-corrected chi connectivity index (χ0v) is 25.9. The van der Waals surface area contributed by atoms with Crippen LogP contribution in [0.5, 0.6) is 0 Å². The highest BCUT2D eigenvalue weighted by atomic mass is 14.8. The third-order valence-corrected chi connectivity index (χ3v) is 9.65. The molecular formula is C45H27N3. The molecule has 0 aliphatic heterocycles. The summed E-state index contributed by atoms with van der Waals surface area (Å²) in [7, 11) is 0. The fourth-order valence-corrected chi connectivity index (χ4v) is 7.32. The molecule has 0 atom stereocenters. The molecule has 0 aliphatic carbocycles. The Morgan fingerprint density at radius 2 is 1.02 bits per heavy atom. The number of hydrogen-bond acceptors (Lipinski definition) is 3. The Labute approximate surface area is 276 Å². The summed E-state index contributed by atoms with van der Waals surface area (Å²) in [6.07, 6.45) is 1.84. The van der Waals surface area contributed by atoms with Crippen molar-refractivity contribution in [2.24, 2.45) is 0 Å². The van der Waals surface area contributed by atoms with Gasteiger partial charge in [-0.3, -0.25) is 4.98 Å². The number of hydrogen-bond donors (Lipinski definition) is 0. The van der Waals surface area contributed by atoms with Crippen molar-refractivity contribution in [1.82, 2.24) is 15.0 Å². The Morgan fingerprint density at radius 3 is 1.90 bits per heavy atom. The van der Waals surface area contributed by atoms with Gasteiger partial charge in [-0.05, 0) is 63.0 Å². The number of fused-ring (bicyclic) bond motifs is 9. The number of para-hydroxylation sites is 1. The number of pyridine rings is 3. The van der Waals surface area contributed by atoms with E-state index in [1.54, 1.807) is 0 Å². The summed E-state index contributed by atoms with van der Waals surface area (Å²) in [5, 5.41) is 10.6. The fraction of sp³-hybridized carbons (Fsp3) is 0. The van der Waals surface area contributed by atoms with Crippen molar-refractivity contribution in [2.75, 3.05) is 0 Å². The lowest BCUT2D eigenvalue weighted by Gasteiger charge is -2.16. The molecule has 10 rings (SSSR count). The third-order valence-electron chi connectivity index (χ3n) is 9.65. The van der Waals surface area contributed by atoms with Crippen molar-refractivity contribution in [3.05, 3.63) is 164 Å². The van der Waals surface area contributed by atoms with Crippen LogP contribution in [-0.4, -0.2) is 15.0 Å². The first kappa shape index (κ1) is 26.7. The van der Waals surface area contributed by atoms with Gasteiger partial charge in [0.15, 0.2) is 0 Å². The molecule has 0 radical (unpaired) electrons. The maximum atomic E-state index is 5.31. The number of rotatable bonds is 3. The van der Waals surface area contributed by atoms with Gasteiger partial charge in [0.05, 0.1) is 27.9 Å². The Bertz CT molecular complexity index is 2890. The SMILES string of the molecule is c1ccc2cc(-c3nc4ccccc4c4c3cc(-c3ccc(-c5ccc6ccc7cccnc7c6n5)cc3)c3ccccc34)ccc2c1. The molecule has 0 saturated heterocycles. The molecular weight excluding hydrogens is 583 g/mol. The smallest absolute Gasteiger partial charge is 0.0972 e. The van der Waals surface area contributed by atoms with Crippen molar-refractivity contribution < 1.29 is 0 Å². The van der Waals surface area contributed by atoms with Gasteiger partial charge in [-0.15, -0.1) is 0 Å². The largest absolute Gasteiger partial charge is 0.254 e. The maximum absolute atomic E-state index is 5.31. The van der Waals surface area contributed by atoms with Crippen LogP contribution in [0.3, 0.4) is 0 Å². The van der Waals surface area contributed by atoms with E-state index in [0.717, 1.165) is 60.8 Å². The van der Waals surface area contributed by atoms with E-state index in [9.17, 15) is 0 Å². The Morgan fingerprint density at radius 1 is 0.375 bits per heavy atom. The highest BCUT2D eigenvalue weighted by Crippen LogP contribution is 2.42. The van der Waals surface area contributed by atoms with Crippen LogP contribution in [-0.2, 0) is 0 Å². The van der Waals surface area contributed by atoms with Crippen molar-refractivity contribution in [3.63, 3.8) is 0 Å². The average Bonchev–Trinajstić information content (AvgIpc) is 3.16. The van der Waals surface area contributed by atoms with E-state index in [4.69, 9.17) is 9.97 Å². The molecule has 48 heavy (non-hydrogen) atoms. The van der Waals surface area contributed by atoms with Crippen molar-refractivity contribution in [1.29, 1.82) is 0 Å². The van der Waals surface area contributed by atoms with Crippen LogP contribution in [0.25, 0.3) is 98.7 Å². The molecule has 3 nitrogen and oxygen atoms in total. The molecule has 0 bridgehead atoms. The van der Waals surface area contributed by atoms with E-state index in [1.165, 1.54) is 37.9 Å². The van der Waals surface area contributed by atoms with E-state index in [0.29, 0.717) is 0 Å². The minimum Gasteiger partial charge on any atom is -0.254 e. The summed E-state index contributed by atoms with van der Waals surface area (Å²) in [5.41, 5.74) is 9.32. The summed E-state index contributed by atoms with van der Waals surface area (Å²) in [4.78, 5) is 15.0. The maximum Gasteiger partial charge on any atom is 0.0972 e. The first-order chi connectivity index (χ1) is 23.8. The number of aromatic nitrogens is 3. The highest BCUT2D eigenvalue weighted by molar-refractivity contribution is 6.25. The second-order valence-corrected chi connectivity index (χ2v) is 12.4. The van der Waals surface area contributed by atoms with E-state index in [-0.39, 0.29) is 0 Å². The van der Waals surface area contributed by atoms with E-state index >= 15 is 0 Å². The van der Waals surface area contributed by atoms with Gasteiger partial charge in [0.25, 0.3) is 0 Å². The van der Waals surface area contributed by atoms with Gasteiger partial charge in [-0.2, -0.15) is 0 Å². The Kier molecular flexibility index (Phi) is 5.87. The second-order valence-electron chi connectivity index (χ2n) is 12.4. The normalized spacial score (nSPS) is 11.8. The summed E-state index contributed by atoms with van der Waals surface area (Å²) in [6, 6.07) is 56.2. The molecule has 0 spiro atoms. The summed E-state index contributed by atoms with van der Waals surface area (Å²) in [6.45, 7) is 0. The van der Waals surface area contributed by atoms with Crippen LogP contribution in [0.15, 0.2) is 164 Å². The molecule has 0 aliphatic rings. The van der Waals surface area contributed by atoms with Crippen molar-refractivity contribution >= 4 is 65.0 Å². The van der Waals surface area contributed by atoms with Gasteiger partial charge in [0, 0.05) is 44.3 Å². The molecule has 0 unspecified atom stereocenters. The zero-order chi connectivity index (χ0) is 31.6. The molecule has 0 amide bonds. The molecule has 0 saturated carbocycles. The van der Waals surface area contributed by atoms with E-state index in [1.807, 2.05) is 12.3 Å². The second kappa shape index (κ2) is 10.5. The van der Waals surface area contributed by atoms with Gasteiger partial charge in [0.1, 0.15) is 0 Å². The molecule has 3 heterocycles. The van der Waals surface area contributed by atoms with Crippen molar-refractivity contribution in [2.45, 2.75) is 0 Å². The summed E-state index contributed by atoms with van der Waals surface area (Å²) < 4.78 is 0.